The molecule has 1 aromatic heterocycles. The number of thiazole rings is 1. The molecule has 0 aliphatic carbocycles. The molecule has 0 radical (unpaired) electrons. The van der Waals surface area contributed by atoms with Crippen LogP contribution in [0.15, 0.2) is 6.20 Å². The summed E-state index contributed by atoms with van der Waals surface area (Å²) in [6.07, 6.45) is 1.83. The first-order chi connectivity index (χ1) is 9.00. The summed E-state index contributed by atoms with van der Waals surface area (Å²) in [6, 6.07) is 0. The first-order valence-electron chi connectivity index (χ1n) is 6.65. The van der Waals surface area contributed by atoms with E-state index in [4.69, 9.17) is 0 Å². The number of nitrogens with zero attached hydrogens (tertiary/aromatic N) is 2. The molecule has 0 bridgehead atoms. The van der Waals surface area contributed by atoms with E-state index in [9.17, 15) is 4.79 Å². The van der Waals surface area contributed by atoms with Crippen LogP contribution in [0.1, 0.15) is 23.7 Å². The summed E-state index contributed by atoms with van der Waals surface area (Å²) in [5.41, 5.74) is -0.457. The molecule has 2 rings (SSSR count). The number of aromatic nitrogens is 1. The van der Waals surface area contributed by atoms with Crippen molar-refractivity contribution in [3.8, 4) is 0 Å². The van der Waals surface area contributed by atoms with Crippen molar-refractivity contribution in [3.05, 3.63) is 16.1 Å². The average molecular weight is 282 g/mol. The molecule has 0 saturated carbocycles. The van der Waals surface area contributed by atoms with Gasteiger partial charge in [0.25, 0.3) is 0 Å². The minimum atomic E-state index is -0.457. The van der Waals surface area contributed by atoms with Gasteiger partial charge in [0.15, 0.2) is 0 Å². The second kappa shape index (κ2) is 5.98. The molecule has 1 aliphatic rings. The van der Waals surface area contributed by atoms with E-state index in [-0.39, 0.29) is 5.91 Å². The van der Waals surface area contributed by atoms with Gasteiger partial charge in [-0.25, -0.2) is 4.98 Å². The Kier molecular flexibility index (Phi) is 4.54. The molecule has 1 amide bonds. The minimum Gasteiger partial charge on any atom is -0.350 e. The Bertz CT molecular complexity index is 438. The van der Waals surface area contributed by atoms with Gasteiger partial charge in [-0.3, -0.25) is 9.69 Å². The minimum absolute atomic E-state index is 0.0838. The topological polar surface area (TPSA) is 57.3 Å². The van der Waals surface area contributed by atoms with Crippen LogP contribution < -0.4 is 10.6 Å². The third-order valence-corrected chi connectivity index (χ3v) is 4.47. The van der Waals surface area contributed by atoms with Gasteiger partial charge in [-0.1, -0.05) is 0 Å². The van der Waals surface area contributed by atoms with E-state index in [1.54, 1.807) is 11.3 Å². The number of piperazine rings is 1. The van der Waals surface area contributed by atoms with E-state index < -0.39 is 5.54 Å². The van der Waals surface area contributed by atoms with Gasteiger partial charge in [-0.2, -0.15) is 0 Å². The SMILES string of the molecule is Cc1ncc(CNC(=O)C(C)(C)N2CCNCC2)s1. The Labute approximate surface area is 118 Å². The fraction of sp³-hybridized carbons (Fsp3) is 0.692. The predicted molar refractivity (Wildman–Crippen MR) is 77.2 cm³/mol. The molecule has 1 saturated heterocycles. The second-order valence-corrected chi connectivity index (χ2v) is 6.64. The third kappa shape index (κ3) is 3.52. The zero-order valence-electron chi connectivity index (χ0n) is 11.8. The molecule has 2 heterocycles. The lowest BCUT2D eigenvalue weighted by Gasteiger charge is -2.39. The number of amides is 1. The average Bonchev–Trinajstić information content (AvgIpc) is 2.82. The van der Waals surface area contributed by atoms with Crippen LogP contribution in [0.2, 0.25) is 0 Å². The maximum atomic E-state index is 12.4. The standard InChI is InChI=1S/C13H22N4OS/c1-10-15-8-11(19-10)9-16-12(18)13(2,3)17-6-4-14-5-7-17/h8,14H,4-7,9H2,1-3H3,(H,16,18). The van der Waals surface area contributed by atoms with E-state index in [2.05, 4.69) is 20.5 Å². The number of nitrogens with one attached hydrogen (secondary N) is 2. The molecule has 0 unspecified atom stereocenters. The van der Waals surface area contributed by atoms with Gasteiger partial charge >= 0.3 is 0 Å². The summed E-state index contributed by atoms with van der Waals surface area (Å²) in [7, 11) is 0. The number of carbonyl (C=O) groups excluding carboxylic acids is 1. The van der Waals surface area contributed by atoms with Crippen molar-refractivity contribution in [2.75, 3.05) is 26.2 Å². The highest BCUT2D eigenvalue weighted by atomic mass is 32.1. The molecule has 2 N–H and O–H groups in total. The van der Waals surface area contributed by atoms with Crippen molar-refractivity contribution in [1.29, 1.82) is 0 Å². The Balaban J connectivity index is 1.90. The lowest BCUT2D eigenvalue weighted by Crippen LogP contribution is -2.59. The summed E-state index contributed by atoms with van der Waals surface area (Å²) < 4.78 is 0. The molecule has 0 spiro atoms. The smallest absolute Gasteiger partial charge is 0.240 e. The van der Waals surface area contributed by atoms with Crippen LogP contribution in [-0.2, 0) is 11.3 Å². The molecule has 19 heavy (non-hydrogen) atoms. The van der Waals surface area contributed by atoms with Gasteiger partial charge in [0.05, 0.1) is 17.1 Å². The maximum absolute atomic E-state index is 12.4. The number of aryl methyl sites for hydroxylation is 1. The fourth-order valence-corrected chi connectivity index (χ4v) is 2.97. The van der Waals surface area contributed by atoms with Crippen molar-refractivity contribution in [1.82, 2.24) is 20.5 Å². The molecule has 106 valence electrons. The Hall–Kier alpha value is -0.980. The summed E-state index contributed by atoms with van der Waals surface area (Å²) in [5, 5.41) is 7.36. The van der Waals surface area contributed by atoms with Gasteiger partial charge in [-0.05, 0) is 20.8 Å². The summed E-state index contributed by atoms with van der Waals surface area (Å²) in [5.74, 6) is 0.0838. The van der Waals surface area contributed by atoms with Crippen molar-refractivity contribution in [3.63, 3.8) is 0 Å². The molecule has 1 fully saturated rings. The van der Waals surface area contributed by atoms with Gasteiger partial charge < -0.3 is 10.6 Å². The molecule has 1 aliphatic heterocycles. The highest BCUT2D eigenvalue weighted by molar-refractivity contribution is 7.11. The van der Waals surface area contributed by atoms with E-state index in [0.717, 1.165) is 36.1 Å². The summed E-state index contributed by atoms with van der Waals surface area (Å²) >= 11 is 1.63. The predicted octanol–water partition coefficient (Wildman–Crippen LogP) is 0.752. The second-order valence-electron chi connectivity index (χ2n) is 5.32. The van der Waals surface area contributed by atoms with Crippen molar-refractivity contribution >= 4 is 17.2 Å². The third-order valence-electron chi connectivity index (χ3n) is 3.56. The zero-order valence-corrected chi connectivity index (χ0v) is 12.6. The first kappa shape index (κ1) is 14.4. The van der Waals surface area contributed by atoms with Crippen LogP contribution in [0.25, 0.3) is 0 Å². The Morgan fingerprint density at radius 3 is 2.79 bits per heavy atom. The molecule has 6 heteroatoms. The van der Waals surface area contributed by atoms with Crippen LogP contribution in [0, 0.1) is 6.92 Å². The zero-order chi connectivity index (χ0) is 13.9. The largest absolute Gasteiger partial charge is 0.350 e. The summed E-state index contributed by atoms with van der Waals surface area (Å²) in [6.45, 7) is 10.3. The molecular weight excluding hydrogens is 260 g/mol. The van der Waals surface area contributed by atoms with Crippen LogP contribution in [0.4, 0.5) is 0 Å². The Morgan fingerprint density at radius 2 is 2.21 bits per heavy atom. The number of hydrogen-bond donors (Lipinski definition) is 2. The lowest BCUT2D eigenvalue weighted by atomic mass is 10.0. The first-order valence-corrected chi connectivity index (χ1v) is 7.47. The van der Waals surface area contributed by atoms with Crippen LogP contribution in [-0.4, -0.2) is 47.5 Å². The molecular formula is C13H22N4OS. The fourth-order valence-electron chi connectivity index (χ4n) is 2.24. The molecule has 0 aromatic carbocycles. The van der Waals surface area contributed by atoms with Crippen molar-refractivity contribution in [2.45, 2.75) is 32.9 Å². The maximum Gasteiger partial charge on any atom is 0.240 e. The van der Waals surface area contributed by atoms with E-state index in [1.165, 1.54) is 0 Å². The summed E-state index contributed by atoms with van der Waals surface area (Å²) in [4.78, 5) is 19.9. The highest BCUT2D eigenvalue weighted by Gasteiger charge is 2.34. The van der Waals surface area contributed by atoms with E-state index in [1.807, 2.05) is 27.0 Å². The van der Waals surface area contributed by atoms with Gasteiger partial charge in [0.1, 0.15) is 0 Å². The van der Waals surface area contributed by atoms with Gasteiger partial charge in [-0.15, -0.1) is 11.3 Å². The number of hydrogen-bond acceptors (Lipinski definition) is 5. The number of carbonyl (C=O) groups is 1. The van der Waals surface area contributed by atoms with E-state index in [0.29, 0.717) is 6.54 Å². The van der Waals surface area contributed by atoms with Crippen LogP contribution in [0.5, 0.6) is 0 Å². The lowest BCUT2D eigenvalue weighted by molar-refractivity contribution is -0.132. The van der Waals surface area contributed by atoms with Crippen LogP contribution in [0.3, 0.4) is 0 Å². The van der Waals surface area contributed by atoms with Gasteiger partial charge in [0, 0.05) is 37.3 Å². The van der Waals surface area contributed by atoms with E-state index >= 15 is 0 Å². The number of rotatable bonds is 4. The molecule has 1 aromatic rings. The van der Waals surface area contributed by atoms with Crippen LogP contribution >= 0.6 is 11.3 Å². The van der Waals surface area contributed by atoms with Crippen molar-refractivity contribution < 1.29 is 4.79 Å². The normalized spacial score (nSPS) is 17.4. The van der Waals surface area contributed by atoms with Gasteiger partial charge in [0.2, 0.25) is 5.91 Å². The van der Waals surface area contributed by atoms with Crippen molar-refractivity contribution in [2.24, 2.45) is 0 Å². The quantitative estimate of drug-likeness (QED) is 0.856. The molecule has 0 atom stereocenters. The Morgan fingerprint density at radius 1 is 1.53 bits per heavy atom. The highest BCUT2D eigenvalue weighted by Crippen LogP contribution is 2.16. The molecule has 5 nitrogen and oxygen atoms in total. The monoisotopic (exact) mass is 282 g/mol.